The van der Waals surface area contributed by atoms with E-state index in [0.29, 0.717) is 13.1 Å². The van der Waals surface area contributed by atoms with Crippen molar-refractivity contribution in [1.29, 1.82) is 0 Å². The Hall–Kier alpha value is -1.80. The summed E-state index contributed by atoms with van der Waals surface area (Å²) in [6, 6.07) is 2.81. The smallest absolute Gasteiger partial charge is 0.355 e. The number of alkyl halides is 3. The predicted molar refractivity (Wildman–Crippen MR) is 88.5 cm³/mol. The summed E-state index contributed by atoms with van der Waals surface area (Å²) in [5.74, 6) is -1.32. The van der Waals surface area contributed by atoms with Gasteiger partial charge in [0.05, 0.1) is 22.2 Å². The maximum Gasteiger partial charge on any atom is 0.416 e. The van der Waals surface area contributed by atoms with Crippen LogP contribution >= 0.6 is 11.6 Å². The number of hydrogen-bond acceptors (Lipinski definition) is 3. The maximum atomic E-state index is 12.9. The van der Waals surface area contributed by atoms with E-state index in [1.807, 2.05) is 19.0 Å². The number of carbonyl (C=O) groups excluding carboxylic acids is 2. The van der Waals surface area contributed by atoms with Gasteiger partial charge < -0.3 is 15.1 Å². The summed E-state index contributed by atoms with van der Waals surface area (Å²) in [5, 5.41) is 2.76. The summed E-state index contributed by atoms with van der Waals surface area (Å²) in [7, 11) is 3.73. The number of amides is 2. The molecule has 1 unspecified atom stereocenters. The van der Waals surface area contributed by atoms with E-state index < -0.39 is 23.6 Å². The van der Waals surface area contributed by atoms with Crippen LogP contribution in [0.4, 0.5) is 18.9 Å². The molecule has 1 aromatic rings. The van der Waals surface area contributed by atoms with Gasteiger partial charge >= 0.3 is 6.18 Å². The molecule has 0 saturated carbocycles. The molecular weight excluding hydrogens is 359 g/mol. The molecule has 1 atom stereocenters. The first-order valence-corrected chi connectivity index (χ1v) is 8.07. The second-order valence-corrected chi connectivity index (χ2v) is 6.57. The lowest BCUT2D eigenvalue weighted by molar-refractivity contribution is -0.137. The number of hydrogen-bond donors (Lipinski definition) is 1. The summed E-state index contributed by atoms with van der Waals surface area (Å²) >= 11 is 5.97. The number of carbonyl (C=O) groups is 2. The van der Waals surface area contributed by atoms with Crippen LogP contribution in [-0.2, 0) is 15.8 Å². The summed E-state index contributed by atoms with van der Waals surface area (Å²) in [6.45, 7) is 1.09. The van der Waals surface area contributed by atoms with Gasteiger partial charge in [0.1, 0.15) is 0 Å². The highest BCUT2D eigenvalue weighted by Crippen LogP contribution is 2.37. The van der Waals surface area contributed by atoms with E-state index in [9.17, 15) is 22.8 Å². The first-order valence-electron chi connectivity index (χ1n) is 7.69. The molecule has 5 nitrogen and oxygen atoms in total. The third-order valence-electron chi connectivity index (χ3n) is 3.92. The van der Waals surface area contributed by atoms with Crippen LogP contribution in [0, 0.1) is 5.92 Å². The average molecular weight is 378 g/mol. The first kappa shape index (κ1) is 19.5. The molecule has 1 saturated heterocycles. The third kappa shape index (κ3) is 4.85. The van der Waals surface area contributed by atoms with Crippen molar-refractivity contribution in [1.82, 2.24) is 10.2 Å². The molecule has 1 fully saturated rings. The molecule has 0 spiro atoms. The third-order valence-corrected chi connectivity index (χ3v) is 4.24. The van der Waals surface area contributed by atoms with Crippen LogP contribution in [0.3, 0.4) is 0 Å². The molecule has 138 valence electrons. The Labute approximate surface area is 148 Å². The molecule has 1 aliphatic heterocycles. The zero-order valence-corrected chi connectivity index (χ0v) is 14.6. The monoisotopic (exact) mass is 377 g/mol. The van der Waals surface area contributed by atoms with E-state index >= 15 is 0 Å². The van der Waals surface area contributed by atoms with Gasteiger partial charge in [-0.25, -0.2) is 0 Å². The minimum absolute atomic E-state index is 0.00760. The number of halogens is 4. The molecular formula is C16H19ClF3N3O2. The Morgan fingerprint density at radius 2 is 2.08 bits per heavy atom. The molecule has 9 heteroatoms. The maximum absolute atomic E-state index is 12.9. The second-order valence-electron chi connectivity index (χ2n) is 6.16. The van der Waals surface area contributed by atoms with Crippen LogP contribution in [-0.4, -0.2) is 50.4 Å². The molecule has 1 N–H and O–H groups in total. The van der Waals surface area contributed by atoms with Crippen molar-refractivity contribution < 1.29 is 22.8 Å². The quantitative estimate of drug-likeness (QED) is 0.857. The molecule has 25 heavy (non-hydrogen) atoms. The Kier molecular flexibility index (Phi) is 5.95. The molecule has 1 aromatic carbocycles. The molecule has 0 aromatic heterocycles. The standard InChI is InChI=1S/C16H19ClF3N3O2/c1-22(2)6-5-21-15(25)10-7-14(24)23(9-10)13-8-11(16(18,19)20)3-4-12(13)17/h3-4,8,10H,5-7,9H2,1-2H3,(H,21,25). The Balaban J connectivity index is 2.11. The van der Waals surface area contributed by atoms with Crippen molar-refractivity contribution in [2.45, 2.75) is 12.6 Å². The van der Waals surface area contributed by atoms with E-state index in [1.165, 1.54) is 0 Å². The summed E-state index contributed by atoms with van der Waals surface area (Å²) < 4.78 is 38.6. The Morgan fingerprint density at radius 3 is 2.68 bits per heavy atom. The van der Waals surface area contributed by atoms with E-state index in [1.54, 1.807) is 0 Å². The topological polar surface area (TPSA) is 52.7 Å². The minimum atomic E-state index is -4.54. The highest BCUT2D eigenvalue weighted by Gasteiger charge is 2.37. The fourth-order valence-corrected chi connectivity index (χ4v) is 2.78. The van der Waals surface area contributed by atoms with Crippen LogP contribution in [0.1, 0.15) is 12.0 Å². The number of likely N-dealkylation sites (N-methyl/N-ethyl adjacent to an activating group) is 1. The highest BCUT2D eigenvalue weighted by molar-refractivity contribution is 6.34. The van der Waals surface area contributed by atoms with Gasteiger partial charge in [-0.1, -0.05) is 11.6 Å². The predicted octanol–water partition coefficient (Wildman–Crippen LogP) is 2.39. The van der Waals surface area contributed by atoms with Crippen molar-refractivity contribution >= 4 is 29.1 Å². The minimum Gasteiger partial charge on any atom is -0.355 e. The van der Waals surface area contributed by atoms with Crippen LogP contribution in [0.5, 0.6) is 0 Å². The number of benzene rings is 1. The van der Waals surface area contributed by atoms with Gasteiger partial charge in [-0.15, -0.1) is 0 Å². The van der Waals surface area contributed by atoms with Crippen molar-refractivity contribution in [3.8, 4) is 0 Å². The lowest BCUT2D eigenvalue weighted by Crippen LogP contribution is -2.36. The van der Waals surface area contributed by atoms with Gasteiger partial charge in [-0.05, 0) is 32.3 Å². The van der Waals surface area contributed by atoms with Crippen molar-refractivity contribution in [3.63, 3.8) is 0 Å². The van der Waals surface area contributed by atoms with E-state index in [4.69, 9.17) is 11.6 Å². The zero-order valence-electron chi connectivity index (χ0n) is 13.9. The van der Waals surface area contributed by atoms with Gasteiger partial charge in [0.25, 0.3) is 0 Å². The molecule has 0 aliphatic carbocycles. The number of rotatable bonds is 5. The molecule has 2 amide bonds. The Bertz CT molecular complexity index is 665. The van der Waals surface area contributed by atoms with Crippen LogP contribution in [0.15, 0.2) is 18.2 Å². The van der Waals surface area contributed by atoms with Crippen molar-refractivity contribution in [3.05, 3.63) is 28.8 Å². The molecule has 0 radical (unpaired) electrons. The number of anilines is 1. The van der Waals surface area contributed by atoms with E-state index in [-0.39, 0.29) is 29.6 Å². The second kappa shape index (κ2) is 7.61. The SMILES string of the molecule is CN(C)CCNC(=O)C1CC(=O)N(c2cc(C(F)(F)F)ccc2Cl)C1. The fourth-order valence-electron chi connectivity index (χ4n) is 2.56. The van der Waals surface area contributed by atoms with E-state index in [0.717, 1.165) is 23.1 Å². The van der Waals surface area contributed by atoms with Gasteiger partial charge in [0.2, 0.25) is 11.8 Å². The van der Waals surface area contributed by atoms with Crippen molar-refractivity contribution in [2.24, 2.45) is 5.92 Å². The van der Waals surface area contributed by atoms with Crippen LogP contribution < -0.4 is 10.2 Å². The Morgan fingerprint density at radius 1 is 1.40 bits per heavy atom. The zero-order chi connectivity index (χ0) is 18.8. The lowest BCUT2D eigenvalue weighted by Gasteiger charge is -2.20. The van der Waals surface area contributed by atoms with Crippen molar-refractivity contribution in [2.75, 3.05) is 38.6 Å². The largest absolute Gasteiger partial charge is 0.416 e. The summed E-state index contributed by atoms with van der Waals surface area (Å²) in [6.07, 6.45) is -4.59. The molecule has 1 heterocycles. The molecule has 1 aliphatic rings. The molecule has 2 rings (SSSR count). The molecule has 0 bridgehead atoms. The highest BCUT2D eigenvalue weighted by atomic mass is 35.5. The van der Waals surface area contributed by atoms with Gasteiger partial charge in [0, 0.05) is 26.1 Å². The first-order chi connectivity index (χ1) is 11.6. The number of nitrogens with one attached hydrogen (secondary N) is 1. The van der Waals surface area contributed by atoms with Gasteiger partial charge in [-0.2, -0.15) is 13.2 Å². The van der Waals surface area contributed by atoms with E-state index in [2.05, 4.69) is 5.32 Å². The van der Waals surface area contributed by atoms with Gasteiger partial charge in [0.15, 0.2) is 0 Å². The number of nitrogens with zero attached hydrogens (tertiary/aromatic N) is 2. The van der Waals surface area contributed by atoms with Crippen LogP contribution in [0.25, 0.3) is 0 Å². The summed E-state index contributed by atoms with van der Waals surface area (Å²) in [5.41, 5.74) is -0.913. The summed E-state index contributed by atoms with van der Waals surface area (Å²) in [4.78, 5) is 27.4. The normalized spacial score (nSPS) is 18.1. The van der Waals surface area contributed by atoms with Crippen LogP contribution in [0.2, 0.25) is 5.02 Å². The fraction of sp³-hybridized carbons (Fsp3) is 0.500. The average Bonchev–Trinajstić information content (AvgIpc) is 2.88. The van der Waals surface area contributed by atoms with Gasteiger partial charge in [-0.3, -0.25) is 9.59 Å². The lowest BCUT2D eigenvalue weighted by atomic mass is 10.1.